The highest BCUT2D eigenvalue weighted by atomic mass is 16.5. The minimum absolute atomic E-state index is 0.264. The molecule has 0 radical (unpaired) electrons. The summed E-state index contributed by atoms with van der Waals surface area (Å²) in [4.78, 5) is 2.23. The van der Waals surface area contributed by atoms with Gasteiger partial charge >= 0.3 is 0 Å². The average Bonchev–Trinajstić information content (AvgIpc) is 2.34. The first-order chi connectivity index (χ1) is 8.39. The van der Waals surface area contributed by atoms with Gasteiger partial charge in [0.25, 0.3) is 0 Å². The molecule has 0 aromatic heterocycles. The minimum atomic E-state index is 0.264. The molecule has 18 heavy (non-hydrogen) atoms. The molecular weight excluding hydrogens is 224 g/mol. The molecule has 1 aromatic rings. The van der Waals surface area contributed by atoms with E-state index in [2.05, 4.69) is 38.8 Å². The number of anilines is 1. The first-order valence-corrected chi connectivity index (χ1v) is 6.45. The molecule has 1 aromatic carbocycles. The van der Waals surface area contributed by atoms with Crippen molar-refractivity contribution in [2.45, 2.75) is 33.2 Å². The Kier molecular flexibility index (Phi) is 5.03. The zero-order valence-electron chi connectivity index (χ0n) is 12.2. The lowest BCUT2D eigenvalue weighted by Crippen LogP contribution is -2.40. The zero-order chi connectivity index (χ0) is 13.8. The molecule has 1 unspecified atom stereocenters. The summed E-state index contributed by atoms with van der Waals surface area (Å²) in [6.07, 6.45) is 1.05. The van der Waals surface area contributed by atoms with Crippen molar-refractivity contribution >= 4 is 5.69 Å². The van der Waals surface area contributed by atoms with E-state index in [1.165, 1.54) is 0 Å². The third-order valence-electron chi connectivity index (χ3n) is 3.13. The Morgan fingerprint density at radius 2 is 1.89 bits per heavy atom. The summed E-state index contributed by atoms with van der Waals surface area (Å²) >= 11 is 0. The predicted octanol–water partition coefficient (Wildman–Crippen LogP) is 2.89. The molecule has 0 fully saturated rings. The van der Waals surface area contributed by atoms with Crippen molar-refractivity contribution in [1.29, 1.82) is 0 Å². The van der Waals surface area contributed by atoms with Crippen molar-refractivity contribution in [2.75, 3.05) is 25.6 Å². The monoisotopic (exact) mass is 250 g/mol. The van der Waals surface area contributed by atoms with Crippen LogP contribution >= 0.6 is 0 Å². The molecule has 102 valence electrons. The number of ether oxygens (including phenoxy) is 1. The van der Waals surface area contributed by atoms with Crippen molar-refractivity contribution < 1.29 is 4.74 Å². The molecule has 0 bridgehead atoms. The molecule has 0 aliphatic carbocycles. The summed E-state index contributed by atoms with van der Waals surface area (Å²) in [6.45, 7) is 7.37. The smallest absolute Gasteiger partial charge is 0.142 e. The van der Waals surface area contributed by atoms with Gasteiger partial charge in [0.05, 0.1) is 12.8 Å². The van der Waals surface area contributed by atoms with Crippen LogP contribution < -0.4 is 15.4 Å². The van der Waals surface area contributed by atoms with E-state index in [4.69, 9.17) is 10.5 Å². The molecular formula is C15H26N2O. The van der Waals surface area contributed by atoms with Gasteiger partial charge in [0.2, 0.25) is 0 Å². The summed E-state index contributed by atoms with van der Waals surface area (Å²) in [5.41, 5.74) is 7.29. The Bertz CT molecular complexity index is 371. The van der Waals surface area contributed by atoms with Gasteiger partial charge in [0.15, 0.2) is 0 Å². The van der Waals surface area contributed by atoms with E-state index in [1.54, 1.807) is 7.11 Å². The van der Waals surface area contributed by atoms with Gasteiger partial charge in [-0.2, -0.15) is 0 Å². The van der Waals surface area contributed by atoms with E-state index in [9.17, 15) is 0 Å². The number of benzene rings is 1. The second kappa shape index (κ2) is 6.10. The third-order valence-corrected chi connectivity index (χ3v) is 3.13. The highest BCUT2D eigenvalue weighted by Gasteiger charge is 2.22. The fourth-order valence-electron chi connectivity index (χ4n) is 2.20. The van der Waals surface area contributed by atoms with E-state index in [1.807, 2.05) is 18.2 Å². The van der Waals surface area contributed by atoms with Crippen LogP contribution in [0.15, 0.2) is 24.3 Å². The van der Waals surface area contributed by atoms with Gasteiger partial charge in [-0.25, -0.2) is 0 Å². The topological polar surface area (TPSA) is 38.5 Å². The number of likely N-dealkylation sites (N-methyl/N-ethyl adjacent to an activating group) is 1. The van der Waals surface area contributed by atoms with Gasteiger partial charge in [0, 0.05) is 19.6 Å². The van der Waals surface area contributed by atoms with Crippen LogP contribution in [0.2, 0.25) is 0 Å². The van der Waals surface area contributed by atoms with Crippen molar-refractivity contribution in [3.8, 4) is 5.75 Å². The van der Waals surface area contributed by atoms with Crippen molar-refractivity contribution in [3.63, 3.8) is 0 Å². The van der Waals surface area contributed by atoms with Gasteiger partial charge in [0.1, 0.15) is 5.75 Å². The van der Waals surface area contributed by atoms with Crippen LogP contribution in [-0.4, -0.2) is 26.7 Å². The molecule has 0 heterocycles. The summed E-state index contributed by atoms with van der Waals surface area (Å²) in [5, 5.41) is 0. The van der Waals surface area contributed by atoms with Gasteiger partial charge in [-0.15, -0.1) is 0 Å². The lowest BCUT2D eigenvalue weighted by atomic mass is 9.87. The quantitative estimate of drug-likeness (QED) is 0.873. The molecule has 0 aliphatic heterocycles. The maximum atomic E-state index is 5.93. The lowest BCUT2D eigenvalue weighted by Gasteiger charge is -2.34. The summed E-state index contributed by atoms with van der Waals surface area (Å²) in [7, 11) is 3.79. The molecule has 3 nitrogen and oxygen atoms in total. The molecule has 0 amide bonds. The molecule has 0 spiro atoms. The van der Waals surface area contributed by atoms with Crippen molar-refractivity contribution in [1.82, 2.24) is 0 Å². The van der Waals surface area contributed by atoms with Gasteiger partial charge in [-0.1, -0.05) is 32.9 Å². The fraction of sp³-hybridized carbons (Fsp3) is 0.600. The maximum Gasteiger partial charge on any atom is 0.142 e. The van der Waals surface area contributed by atoms with Crippen LogP contribution in [0.1, 0.15) is 27.2 Å². The molecule has 1 rings (SSSR count). The fourth-order valence-corrected chi connectivity index (χ4v) is 2.20. The molecule has 2 N–H and O–H groups in total. The van der Waals surface area contributed by atoms with Crippen LogP contribution in [0, 0.1) is 5.41 Å². The number of rotatable bonds is 5. The Balaban J connectivity index is 2.92. The molecule has 1 atom stereocenters. The summed E-state index contributed by atoms with van der Waals surface area (Å²) < 4.78 is 5.41. The minimum Gasteiger partial charge on any atom is -0.495 e. The van der Waals surface area contributed by atoms with Crippen LogP contribution in [0.25, 0.3) is 0 Å². The lowest BCUT2D eigenvalue weighted by molar-refractivity contribution is 0.335. The predicted molar refractivity (Wildman–Crippen MR) is 78.3 cm³/mol. The third kappa shape index (κ3) is 3.91. The van der Waals surface area contributed by atoms with E-state index >= 15 is 0 Å². The number of hydrogen-bond acceptors (Lipinski definition) is 3. The Morgan fingerprint density at radius 3 is 2.39 bits per heavy atom. The van der Waals surface area contributed by atoms with E-state index in [-0.39, 0.29) is 5.41 Å². The Hall–Kier alpha value is -1.22. The molecule has 0 aliphatic rings. The van der Waals surface area contributed by atoms with Crippen LogP contribution in [0.3, 0.4) is 0 Å². The summed E-state index contributed by atoms with van der Waals surface area (Å²) in [6, 6.07) is 8.39. The zero-order valence-corrected chi connectivity index (χ0v) is 12.2. The molecule has 0 saturated carbocycles. The average molecular weight is 250 g/mol. The second-order valence-corrected chi connectivity index (χ2v) is 5.94. The second-order valence-electron chi connectivity index (χ2n) is 5.94. The normalized spacial score (nSPS) is 13.2. The SMILES string of the molecule is COc1ccccc1N(C)C(CN)CC(C)(C)C. The first-order valence-electron chi connectivity index (χ1n) is 6.45. The number of methoxy groups -OCH3 is 1. The largest absolute Gasteiger partial charge is 0.495 e. The molecule has 0 saturated heterocycles. The van der Waals surface area contributed by atoms with Crippen LogP contribution in [0.4, 0.5) is 5.69 Å². The highest BCUT2D eigenvalue weighted by Crippen LogP contribution is 2.31. The molecule has 3 heteroatoms. The summed E-state index contributed by atoms with van der Waals surface area (Å²) in [5.74, 6) is 0.896. The number of para-hydroxylation sites is 2. The Morgan fingerprint density at radius 1 is 1.28 bits per heavy atom. The van der Waals surface area contributed by atoms with Gasteiger partial charge in [-0.05, 0) is 24.0 Å². The number of nitrogens with zero attached hydrogens (tertiary/aromatic N) is 1. The Labute approximate surface area is 111 Å². The van der Waals surface area contributed by atoms with E-state index < -0.39 is 0 Å². The van der Waals surface area contributed by atoms with Gasteiger partial charge in [-0.3, -0.25) is 0 Å². The number of nitrogens with two attached hydrogens (primary N) is 1. The van der Waals surface area contributed by atoms with Crippen molar-refractivity contribution in [2.24, 2.45) is 11.1 Å². The maximum absolute atomic E-state index is 5.93. The van der Waals surface area contributed by atoms with Crippen molar-refractivity contribution in [3.05, 3.63) is 24.3 Å². The first kappa shape index (κ1) is 14.8. The standard InChI is InChI=1S/C15H26N2O/c1-15(2,3)10-12(11-16)17(4)13-8-6-7-9-14(13)18-5/h6-9,12H,10-11,16H2,1-5H3. The van der Waals surface area contributed by atoms with Crippen LogP contribution in [-0.2, 0) is 0 Å². The van der Waals surface area contributed by atoms with E-state index in [0.717, 1.165) is 17.9 Å². The van der Waals surface area contributed by atoms with Crippen LogP contribution in [0.5, 0.6) is 5.75 Å². The highest BCUT2D eigenvalue weighted by molar-refractivity contribution is 5.58. The number of hydrogen-bond donors (Lipinski definition) is 1. The van der Waals surface area contributed by atoms with Gasteiger partial charge < -0.3 is 15.4 Å². The van der Waals surface area contributed by atoms with E-state index in [0.29, 0.717) is 12.6 Å².